The fraction of sp³-hybridized carbons (Fsp3) is 0.364. The molecule has 2 saturated heterocycles. The molecule has 210 valence electrons. The average Bonchev–Trinajstić information content (AvgIpc) is 3.02. The number of benzene rings is 2. The molecule has 2 aliphatic heterocycles. The van der Waals surface area contributed by atoms with Gasteiger partial charge in [-0.15, -0.1) is 0 Å². The number of pyridine rings is 1. The fourth-order valence-electron chi connectivity index (χ4n) is 5.71. The highest BCUT2D eigenvalue weighted by atomic mass is 19.1. The normalized spacial score (nSPS) is 16.7. The van der Waals surface area contributed by atoms with Crippen LogP contribution in [0.3, 0.4) is 0 Å². The van der Waals surface area contributed by atoms with Crippen LogP contribution < -0.4 is 0 Å². The molecule has 0 saturated carbocycles. The van der Waals surface area contributed by atoms with E-state index in [4.69, 9.17) is 5.26 Å². The zero-order chi connectivity index (χ0) is 28.8. The molecular weight excluding hydrogens is 519 g/mol. The highest BCUT2D eigenvalue weighted by molar-refractivity contribution is 5.98. The number of likely N-dealkylation sites (tertiary alicyclic amines) is 2. The smallest absolute Gasteiger partial charge is 0.255 e. The van der Waals surface area contributed by atoms with Crippen molar-refractivity contribution in [3.05, 3.63) is 101 Å². The van der Waals surface area contributed by atoms with Gasteiger partial charge in [0.1, 0.15) is 11.6 Å². The van der Waals surface area contributed by atoms with Crippen molar-refractivity contribution in [1.29, 1.82) is 5.26 Å². The van der Waals surface area contributed by atoms with Gasteiger partial charge in [-0.25, -0.2) is 4.39 Å². The van der Waals surface area contributed by atoms with Crippen LogP contribution in [-0.4, -0.2) is 58.4 Å². The second kappa shape index (κ2) is 13.0. The molecule has 7 nitrogen and oxygen atoms in total. The second-order valence-corrected chi connectivity index (χ2v) is 11.0. The maximum atomic E-state index is 13.2. The molecule has 0 spiro atoms. The second-order valence-electron chi connectivity index (χ2n) is 11.0. The third kappa shape index (κ3) is 7.11. The van der Waals surface area contributed by atoms with Gasteiger partial charge in [-0.1, -0.05) is 12.1 Å². The number of piperidine rings is 2. The van der Waals surface area contributed by atoms with E-state index < -0.39 is 0 Å². The molecule has 8 heteroatoms. The Morgan fingerprint density at radius 2 is 1.46 bits per heavy atom. The van der Waals surface area contributed by atoms with Gasteiger partial charge >= 0.3 is 0 Å². The molecular formula is C33H33FN4O3. The molecule has 3 aromatic rings. The van der Waals surface area contributed by atoms with Crippen molar-refractivity contribution < 1.29 is 18.8 Å². The number of rotatable bonds is 8. The predicted molar refractivity (Wildman–Crippen MR) is 151 cm³/mol. The third-order valence-corrected chi connectivity index (χ3v) is 8.24. The van der Waals surface area contributed by atoms with Crippen LogP contribution in [-0.2, 0) is 17.8 Å². The summed E-state index contributed by atoms with van der Waals surface area (Å²) in [6.45, 7) is 3.46. The minimum absolute atomic E-state index is 0.00855. The predicted octanol–water partition coefficient (Wildman–Crippen LogP) is 4.85. The number of carbonyl (C=O) groups excluding carboxylic acids is 3. The van der Waals surface area contributed by atoms with Crippen molar-refractivity contribution in [3.8, 4) is 6.07 Å². The Morgan fingerprint density at radius 3 is 2.07 bits per heavy atom. The van der Waals surface area contributed by atoms with Crippen LogP contribution in [0, 0.1) is 29.0 Å². The van der Waals surface area contributed by atoms with Crippen molar-refractivity contribution in [2.45, 2.75) is 38.6 Å². The van der Waals surface area contributed by atoms with Gasteiger partial charge in [0.25, 0.3) is 5.91 Å². The van der Waals surface area contributed by atoms with Crippen LogP contribution in [0.25, 0.3) is 0 Å². The molecule has 0 atom stereocenters. The molecule has 3 heterocycles. The summed E-state index contributed by atoms with van der Waals surface area (Å²) in [5, 5.41) is 8.96. The Hall–Kier alpha value is -4.22. The highest BCUT2D eigenvalue weighted by Gasteiger charge is 2.29. The van der Waals surface area contributed by atoms with E-state index in [1.54, 1.807) is 23.2 Å². The summed E-state index contributed by atoms with van der Waals surface area (Å²) in [5.74, 6) is -0.498. The molecule has 0 N–H and O–H groups in total. The van der Waals surface area contributed by atoms with Crippen molar-refractivity contribution in [1.82, 2.24) is 14.8 Å². The largest absolute Gasteiger partial charge is 0.339 e. The molecule has 2 fully saturated rings. The van der Waals surface area contributed by atoms with E-state index in [0.29, 0.717) is 48.3 Å². The lowest BCUT2D eigenvalue weighted by molar-refractivity contribution is -0.123. The quantitative estimate of drug-likeness (QED) is 0.371. The van der Waals surface area contributed by atoms with Crippen LogP contribution in [0.4, 0.5) is 4.39 Å². The molecule has 5 rings (SSSR count). The number of carbonyl (C=O) groups is 3. The number of nitriles is 1. The van der Waals surface area contributed by atoms with Crippen molar-refractivity contribution in [2.75, 3.05) is 26.2 Å². The van der Waals surface area contributed by atoms with Gasteiger partial charge in [0, 0.05) is 55.3 Å². The summed E-state index contributed by atoms with van der Waals surface area (Å²) in [6, 6.07) is 18.9. The molecule has 1 aromatic heterocycles. The maximum absolute atomic E-state index is 13.2. The van der Waals surface area contributed by atoms with Crippen molar-refractivity contribution in [3.63, 3.8) is 0 Å². The molecule has 1 amide bonds. The Labute approximate surface area is 239 Å². The van der Waals surface area contributed by atoms with Crippen LogP contribution in [0.15, 0.2) is 66.9 Å². The van der Waals surface area contributed by atoms with Crippen LogP contribution in [0.1, 0.15) is 63.2 Å². The van der Waals surface area contributed by atoms with E-state index in [-0.39, 0.29) is 41.5 Å². The van der Waals surface area contributed by atoms with E-state index in [2.05, 4.69) is 16.0 Å². The lowest BCUT2D eigenvalue weighted by atomic mass is 9.88. The summed E-state index contributed by atoms with van der Waals surface area (Å²) >= 11 is 0. The van der Waals surface area contributed by atoms with Gasteiger partial charge in [0.2, 0.25) is 0 Å². The van der Waals surface area contributed by atoms with Crippen LogP contribution >= 0.6 is 0 Å². The first kappa shape index (κ1) is 28.3. The summed E-state index contributed by atoms with van der Waals surface area (Å²) in [6.07, 6.45) is 4.55. The molecule has 0 radical (unpaired) electrons. The van der Waals surface area contributed by atoms with Gasteiger partial charge < -0.3 is 4.90 Å². The van der Waals surface area contributed by atoms with Gasteiger partial charge in [0.15, 0.2) is 5.78 Å². The number of nitrogens with zero attached hydrogens (tertiary/aromatic N) is 4. The zero-order valence-corrected chi connectivity index (χ0v) is 23.0. The summed E-state index contributed by atoms with van der Waals surface area (Å²) in [4.78, 5) is 47.2. The first-order valence-electron chi connectivity index (χ1n) is 14.2. The van der Waals surface area contributed by atoms with E-state index in [1.165, 1.54) is 24.3 Å². The standard InChI is InChI=1S/C33H33FN4O3/c34-29-8-5-26(6-9-29)32(40)27-13-17-38(18-14-27)33(41)28-7-10-30(36-21-28)19-31(39)25-11-15-37(16-12-25)22-24-3-1-23(20-35)2-4-24/h1-10,21,25,27H,11-19,22H2. The summed E-state index contributed by atoms with van der Waals surface area (Å²) < 4.78 is 13.2. The van der Waals surface area contributed by atoms with Crippen LogP contribution in [0.5, 0.6) is 0 Å². The average molecular weight is 553 g/mol. The Balaban J connectivity index is 1.06. The van der Waals surface area contributed by atoms with Gasteiger partial charge in [0.05, 0.1) is 17.2 Å². The molecule has 2 aliphatic rings. The monoisotopic (exact) mass is 552 g/mol. The Morgan fingerprint density at radius 1 is 0.829 bits per heavy atom. The number of aromatic nitrogens is 1. The number of halogens is 1. The number of hydrogen-bond donors (Lipinski definition) is 0. The fourth-order valence-corrected chi connectivity index (χ4v) is 5.71. The molecule has 0 bridgehead atoms. The number of hydrogen-bond acceptors (Lipinski definition) is 6. The van der Waals surface area contributed by atoms with Gasteiger partial charge in [-0.2, -0.15) is 5.26 Å². The van der Waals surface area contributed by atoms with E-state index in [9.17, 15) is 18.8 Å². The molecule has 2 aromatic carbocycles. The Bertz CT molecular complexity index is 1420. The lowest BCUT2D eigenvalue weighted by Crippen LogP contribution is -2.40. The van der Waals surface area contributed by atoms with Gasteiger partial charge in [-0.05, 0) is 92.9 Å². The molecule has 0 unspecified atom stereocenters. The van der Waals surface area contributed by atoms with Crippen molar-refractivity contribution >= 4 is 17.5 Å². The first-order chi connectivity index (χ1) is 19.9. The van der Waals surface area contributed by atoms with E-state index in [0.717, 1.165) is 38.0 Å². The third-order valence-electron chi connectivity index (χ3n) is 8.24. The summed E-state index contributed by atoms with van der Waals surface area (Å²) in [5.41, 5.74) is 3.45. The lowest BCUT2D eigenvalue weighted by Gasteiger charge is -2.31. The van der Waals surface area contributed by atoms with Crippen molar-refractivity contribution in [2.24, 2.45) is 11.8 Å². The minimum atomic E-state index is -0.372. The molecule has 0 aliphatic carbocycles. The maximum Gasteiger partial charge on any atom is 0.255 e. The number of ketones is 2. The SMILES string of the molecule is N#Cc1ccc(CN2CCC(C(=O)Cc3ccc(C(=O)N4CCC(C(=O)c5ccc(F)cc5)CC4)cn3)CC2)cc1. The van der Waals surface area contributed by atoms with Crippen LogP contribution in [0.2, 0.25) is 0 Å². The zero-order valence-electron chi connectivity index (χ0n) is 23.0. The highest BCUT2D eigenvalue weighted by Crippen LogP contribution is 2.24. The minimum Gasteiger partial charge on any atom is -0.339 e. The number of amides is 1. The number of Topliss-reactive ketones (excluding diaryl/α,β-unsaturated/α-hetero) is 2. The first-order valence-corrected chi connectivity index (χ1v) is 14.2. The Kier molecular flexibility index (Phi) is 8.95. The summed E-state index contributed by atoms with van der Waals surface area (Å²) in [7, 11) is 0. The van der Waals surface area contributed by atoms with Gasteiger partial charge in [-0.3, -0.25) is 24.3 Å². The topological polar surface area (TPSA) is 94.4 Å². The van der Waals surface area contributed by atoms with E-state index >= 15 is 0 Å². The van der Waals surface area contributed by atoms with E-state index in [1.807, 2.05) is 24.3 Å². The molecule has 41 heavy (non-hydrogen) atoms.